The van der Waals surface area contributed by atoms with Gasteiger partial charge in [-0.25, -0.2) is 0 Å². The smallest absolute Gasteiger partial charge is 0.169 e. The van der Waals surface area contributed by atoms with E-state index in [0.717, 1.165) is 37.0 Å². The normalized spacial score (nSPS) is 42.5. The van der Waals surface area contributed by atoms with Gasteiger partial charge in [-0.3, -0.25) is 4.79 Å². The van der Waals surface area contributed by atoms with Gasteiger partial charge in [-0.15, -0.1) is 0 Å². The zero-order valence-electron chi connectivity index (χ0n) is 22.4. The number of benzene rings is 1. The van der Waals surface area contributed by atoms with Gasteiger partial charge in [-0.1, -0.05) is 44.6 Å². The molecule has 4 aliphatic rings. The Morgan fingerprint density at radius 2 is 1.74 bits per heavy atom. The van der Waals surface area contributed by atoms with E-state index in [9.17, 15) is 9.90 Å². The summed E-state index contributed by atoms with van der Waals surface area (Å²) < 4.78 is 11.7. The van der Waals surface area contributed by atoms with Gasteiger partial charge in [0.1, 0.15) is 11.5 Å². The molecule has 4 aliphatic carbocycles. The van der Waals surface area contributed by atoms with Gasteiger partial charge in [0, 0.05) is 18.3 Å². The van der Waals surface area contributed by atoms with E-state index < -0.39 is 5.79 Å². The van der Waals surface area contributed by atoms with Crippen LogP contribution in [0, 0.1) is 34.0 Å². The average molecular weight is 481 g/mol. The lowest BCUT2D eigenvalue weighted by Gasteiger charge is -2.60. The second-order valence-electron chi connectivity index (χ2n) is 12.6. The third-order valence-electron chi connectivity index (χ3n) is 11.3. The molecule has 0 aromatic heterocycles. The Labute approximate surface area is 211 Å². The van der Waals surface area contributed by atoms with Crippen LogP contribution in [0.25, 0.3) is 0 Å². The first kappa shape index (κ1) is 25.0. The summed E-state index contributed by atoms with van der Waals surface area (Å²) >= 11 is 0. The molecule has 7 atom stereocenters. The Hall–Kier alpha value is -1.65. The standard InChI is InChI=1S/C31H44O4/c1-6-34-24-10-7-22(8-11-24)20-35-31(33)18-17-28(3)23(19-31)9-12-25-26(28)13-16-30(5)27(25)14-15-29(30,4)21(2)32/h7-11,25-27,33H,6,12-20H2,1-5H3/t25-,26+,27+,28+,29-,30+,31-/m1/s1. The van der Waals surface area contributed by atoms with E-state index in [2.05, 4.69) is 26.8 Å². The SMILES string of the molecule is CCOc1ccc(CO[C@]2(O)CC[C@@]3(C)C(=CC[C@@H]4[C@@H]3CC[C@@]3(C)[C@H]4CC[C@]3(C)C(C)=O)C2)cc1. The van der Waals surface area contributed by atoms with Gasteiger partial charge < -0.3 is 14.6 Å². The third kappa shape index (κ3) is 3.91. The Morgan fingerprint density at radius 3 is 2.43 bits per heavy atom. The number of carbonyl (C=O) groups excluding carboxylic acids is 1. The minimum absolute atomic E-state index is 0.123. The van der Waals surface area contributed by atoms with Crippen molar-refractivity contribution in [1.82, 2.24) is 0 Å². The number of carbonyl (C=O) groups is 1. The fourth-order valence-electron chi connectivity index (χ4n) is 8.65. The number of aliphatic hydroxyl groups is 1. The molecule has 4 heteroatoms. The Bertz CT molecular complexity index is 998. The number of ether oxygens (including phenoxy) is 2. The maximum absolute atomic E-state index is 12.7. The molecule has 192 valence electrons. The summed E-state index contributed by atoms with van der Waals surface area (Å²) in [4.78, 5) is 12.7. The van der Waals surface area contributed by atoms with Crippen LogP contribution in [0.3, 0.4) is 0 Å². The highest BCUT2D eigenvalue weighted by Gasteiger charge is 2.64. The lowest BCUT2D eigenvalue weighted by atomic mass is 9.45. The quantitative estimate of drug-likeness (QED) is 0.357. The molecule has 0 spiro atoms. The Balaban J connectivity index is 1.30. The van der Waals surface area contributed by atoms with E-state index in [1.165, 1.54) is 18.4 Å². The van der Waals surface area contributed by atoms with Crippen molar-refractivity contribution in [3.63, 3.8) is 0 Å². The van der Waals surface area contributed by atoms with Crippen molar-refractivity contribution in [1.29, 1.82) is 0 Å². The molecule has 0 amide bonds. The average Bonchev–Trinajstić information content (AvgIpc) is 3.11. The van der Waals surface area contributed by atoms with Crippen LogP contribution < -0.4 is 4.74 Å². The van der Waals surface area contributed by atoms with E-state index >= 15 is 0 Å². The molecular formula is C31H44O4. The van der Waals surface area contributed by atoms with Crippen LogP contribution in [0.1, 0.15) is 91.5 Å². The first-order chi connectivity index (χ1) is 16.5. The van der Waals surface area contributed by atoms with Crippen molar-refractivity contribution in [3.05, 3.63) is 41.5 Å². The van der Waals surface area contributed by atoms with E-state index in [1.54, 1.807) is 0 Å². The zero-order valence-corrected chi connectivity index (χ0v) is 22.4. The molecule has 4 nitrogen and oxygen atoms in total. The number of ketones is 1. The first-order valence-corrected chi connectivity index (χ1v) is 13.8. The summed E-state index contributed by atoms with van der Waals surface area (Å²) in [5.41, 5.74) is 2.53. The van der Waals surface area contributed by atoms with Crippen molar-refractivity contribution < 1.29 is 19.4 Å². The molecule has 0 unspecified atom stereocenters. The molecule has 0 bridgehead atoms. The summed E-state index contributed by atoms with van der Waals surface area (Å²) in [6, 6.07) is 7.96. The largest absolute Gasteiger partial charge is 0.494 e. The second kappa shape index (κ2) is 8.73. The number of Topliss-reactive ketones (excluding diaryl/α,β-unsaturated/α-hetero) is 1. The predicted octanol–water partition coefficient (Wildman–Crippen LogP) is 6.85. The number of fused-ring (bicyclic) bond motifs is 5. The van der Waals surface area contributed by atoms with Gasteiger partial charge in [0.25, 0.3) is 0 Å². The summed E-state index contributed by atoms with van der Waals surface area (Å²) in [6.07, 6.45) is 10.3. The van der Waals surface area contributed by atoms with Crippen LogP contribution >= 0.6 is 0 Å². The van der Waals surface area contributed by atoms with E-state index in [-0.39, 0.29) is 16.2 Å². The molecule has 1 aromatic carbocycles. The van der Waals surface area contributed by atoms with Crippen LogP contribution in [-0.4, -0.2) is 23.3 Å². The minimum Gasteiger partial charge on any atom is -0.494 e. The van der Waals surface area contributed by atoms with Crippen LogP contribution in [0.4, 0.5) is 0 Å². The fraction of sp³-hybridized carbons (Fsp3) is 0.710. The van der Waals surface area contributed by atoms with E-state index in [0.29, 0.717) is 49.6 Å². The van der Waals surface area contributed by atoms with Gasteiger partial charge in [0.15, 0.2) is 5.79 Å². The molecule has 3 fully saturated rings. The first-order valence-electron chi connectivity index (χ1n) is 13.8. The minimum atomic E-state index is -1.10. The second-order valence-corrected chi connectivity index (χ2v) is 12.6. The van der Waals surface area contributed by atoms with Crippen LogP contribution in [0.5, 0.6) is 5.75 Å². The molecule has 35 heavy (non-hydrogen) atoms. The molecular weight excluding hydrogens is 436 g/mol. The Morgan fingerprint density at radius 1 is 1.03 bits per heavy atom. The highest BCUT2D eigenvalue weighted by molar-refractivity contribution is 5.83. The maximum Gasteiger partial charge on any atom is 0.169 e. The molecule has 1 aromatic rings. The van der Waals surface area contributed by atoms with Crippen LogP contribution in [-0.2, 0) is 16.1 Å². The molecule has 1 N–H and O–H groups in total. The van der Waals surface area contributed by atoms with Crippen molar-refractivity contribution in [2.75, 3.05) is 6.61 Å². The monoisotopic (exact) mass is 480 g/mol. The van der Waals surface area contributed by atoms with Gasteiger partial charge in [0.2, 0.25) is 0 Å². The zero-order chi connectivity index (χ0) is 25.1. The predicted molar refractivity (Wildman–Crippen MR) is 138 cm³/mol. The highest BCUT2D eigenvalue weighted by Crippen LogP contribution is 2.70. The molecule has 0 heterocycles. The Kier molecular flexibility index (Phi) is 6.24. The molecule has 0 aliphatic heterocycles. The molecule has 0 radical (unpaired) electrons. The number of hydrogen-bond acceptors (Lipinski definition) is 4. The van der Waals surface area contributed by atoms with Gasteiger partial charge in [-0.05, 0) is 98.7 Å². The van der Waals surface area contributed by atoms with Crippen molar-refractivity contribution in [2.24, 2.45) is 34.0 Å². The van der Waals surface area contributed by atoms with E-state index in [4.69, 9.17) is 9.47 Å². The fourth-order valence-corrected chi connectivity index (χ4v) is 8.65. The number of allylic oxidation sites excluding steroid dienone is 1. The number of rotatable bonds is 6. The molecule has 5 rings (SSSR count). The van der Waals surface area contributed by atoms with Gasteiger partial charge >= 0.3 is 0 Å². The topological polar surface area (TPSA) is 55.8 Å². The van der Waals surface area contributed by atoms with Crippen LogP contribution in [0.15, 0.2) is 35.9 Å². The summed E-state index contributed by atoms with van der Waals surface area (Å²) in [5, 5.41) is 11.4. The lowest BCUT2D eigenvalue weighted by Crippen LogP contribution is -2.54. The molecule has 0 saturated heterocycles. The maximum atomic E-state index is 12.7. The number of hydrogen-bond donors (Lipinski definition) is 1. The van der Waals surface area contributed by atoms with Crippen LogP contribution in [0.2, 0.25) is 0 Å². The van der Waals surface area contributed by atoms with Gasteiger partial charge in [-0.2, -0.15) is 0 Å². The van der Waals surface area contributed by atoms with Crippen molar-refractivity contribution in [2.45, 2.75) is 98.4 Å². The van der Waals surface area contributed by atoms with Crippen molar-refractivity contribution in [3.8, 4) is 5.75 Å². The highest BCUT2D eigenvalue weighted by atomic mass is 16.6. The molecule has 3 saturated carbocycles. The lowest BCUT2D eigenvalue weighted by molar-refractivity contribution is -0.231. The summed E-state index contributed by atoms with van der Waals surface area (Å²) in [7, 11) is 0. The van der Waals surface area contributed by atoms with E-state index in [1.807, 2.05) is 38.1 Å². The van der Waals surface area contributed by atoms with Gasteiger partial charge in [0.05, 0.1) is 13.2 Å². The third-order valence-corrected chi connectivity index (χ3v) is 11.3. The summed E-state index contributed by atoms with van der Waals surface area (Å²) in [6.45, 7) is 12.0. The van der Waals surface area contributed by atoms with Crippen molar-refractivity contribution >= 4 is 5.78 Å². The summed E-state index contributed by atoms with van der Waals surface area (Å²) in [5.74, 6) is 2.07.